The largest absolute Gasteiger partial charge is 0.493 e. The summed E-state index contributed by atoms with van der Waals surface area (Å²) in [5.41, 5.74) is 5.10. The Hall–Kier alpha value is -5.80. The summed E-state index contributed by atoms with van der Waals surface area (Å²) < 4.78 is 11.0. The van der Waals surface area contributed by atoms with E-state index in [1.165, 1.54) is 26.0 Å². The van der Waals surface area contributed by atoms with Gasteiger partial charge in [0.15, 0.2) is 11.5 Å². The van der Waals surface area contributed by atoms with Gasteiger partial charge in [-0.1, -0.05) is 78.9 Å². The van der Waals surface area contributed by atoms with Crippen LogP contribution in [0.25, 0.3) is 6.08 Å². The Morgan fingerprint density at radius 1 is 0.694 bits per heavy atom. The Kier molecular flexibility index (Phi) is 11.5. The van der Waals surface area contributed by atoms with Gasteiger partial charge in [-0.05, 0) is 79.1 Å². The number of carbonyl (C=O) groups excluding carboxylic acids is 3. The molecule has 0 aliphatic heterocycles. The Bertz CT molecular complexity index is 1940. The first-order valence-corrected chi connectivity index (χ1v) is 16.4. The molecule has 0 heterocycles. The number of nitrogens with one attached hydrogen (secondary N) is 3. The van der Waals surface area contributed by atoms with E-state index in [-0.39, 0.29) is 11.6 Å². The first kappa shape index (κ1) is 34.5. The second-order valence-electron chi connectivity index (χ2n) is 11.1. The van der Waals surface area contributed by atoms with Crippen molar-refractivity contribution in [3.63, 3.8) is 0 Å². The molecular formula is C40H37N3O5S. The van der Waals surface area contributed by atoms with E-state index in [1.807, 2.05) is 80.6 Å². The number of rotatable bonds is 12. The molecule has 5 rings (SSSR count). The summed E-state index contributed by atoms with van der Waals surface area (Å²) in [5, 5.41) is 8.24. The van der Waals surface area contributed by atoms with Gasteiger partial charge >= 0.3 is 0 Å². The number of ether oxygens (including phenoxy) is 2. The maximum absolute atomic E-state index is 13.7. The van der Waals surface area contributed by atoms with Gasteiger partial charge in [0.1, 0.15) is 10.9 Å². The summed E-state index contributed by atoms with van der Waals surface area (Å²) in [7, 11) is 3.03. The molecule has 0 aliphatic rings. The van der Waals surface area contributed by atoms with Crippen LogP contribution in [-0.4, -0.2) is 31.9 Å². The van der Waals surface area contributed by atoms with Gasteiger partial charge in [-0.25, -0.2) is 0 Å². The van der Waals surface area contributed by atoms with Crippen LogP contribution >= 0.6 is 11.8 Å². The number of hydrogen-bond acceptors (Lipinski definition) is 6. The number of amides is 3. The number of methoxy groups -OCH3 is 2. The van der Waals surface area contributed by atoms with E-state index < -0.39 is 17.1 Å². The van der Waals surface area contributed by atoms with E-state index in [9.17, 15) is 14.4 Å². The van der Waals surface area contributed by atoms with Crippen LogP contribution in [0.2, 0.25) is 0 Å². The van der Waals surface area contributed by atoms with Crippen LogP contribution in [0.1, 0.15) is 37.9 Å². The molecule has 5 aromatic carbocycles. The number of aryl methyl sites for hydroxylation is 2. The molecule has 0 spiro atoms. The highest BCUT2D eigenvalue weighted by Crippen LogP contribution is 2.37. The smallest absolute Gasteiger partial charge is 0.272 e. The lowest BCUT2D eigenvalue weighted by Gasteiger charge is -2.19. The molecular weight excluding hydrogens is 635 g/mol. The van der Waals surface area contributed by atoms with Gasteiger partial charge in [-0.3, -0.25) is 14.4 Å². The minimum Gasteiger partial charge on any atom is -0.493 e. The van der Waals surface area contributed by atoms with E-state index in [2.05, 4.69) is 16.0 Å². The summed E-state index contributed by atoms with van der Waals surface area (Å²) in [6.45, 7) is 3.95. The van der Waals surface area contributed by atoms with E-state index in [0.717, 1.165) is 27.3 Å². The lowest BCUT2D eigenvalue weighted by molar-refractivity contribution is -0.116. The van der Waals surface area contributed by atoms with Gasteiger partial charge in [-0.15, -0.1) is 11.8 Å². The van der Waals surface area contributed by atoms with Crippen LogP contribution in [-0.2, 0) is 9.59 Å². The molecule has 0 saturated carbocycles. The number of carbonyl (C=O) groups is 3. The van der Waals surface area contributed by atoms with Crippen molar-refractivity contribution in [2.45, 2.75) is 24.0 Å². The van der Waals surface area contributed by atoms with Crippen molar-refractivity contribution < 1.29 is 23.9 Å². The monoisotopic (exact) mass is 671 g/mol. The molecule has 3 amide bonds. The van der Waals surface area contributed by atoms with Gasteiger partial charge in [0.05, 0.1) is 14.2 Å². The number of para-hydroxylation sites is 2. The maximum atomic E-state index is 13.7. The summed E-state index contributed by atoms with van der Waals surface area (Å²) >= 11 is 1.41. The minimum absolute atomic E-state index is 0.00571. The first-order chi connectivity index (χ1) is 23.8. The second-order valence-corrected chi connectivity index (χ2v) is 12.3. The molecule has 1 unspecified atom stereocenters. The fourth-order valence-electron chi connectivity index (χ4n) is 5.18. The van der Waals surface area contributed by atoms with Crippen LogP contribution in [0.15, 0.2) is 132 Å². The molecule has 8 nitrogen and oxygen atoms in total. The topological polar surface area (TPSA) is 106 Å². The van der Waals surface area contributed by atoms with Crippen molar-refractivity contribution in [3.8, 4) is 11.5 Å². The summed E-state index contributed by atoms with van der Waals surface area (Å²) in [6, 6.07) is 36.6. The predicted molar refractivity (Wildman–Crippen MR) is 196 cm³/mol. The Balaban J connectivity index is 1.38. The van der Waals surface area contributed by atoms with Gasteiger partial charge in [0.2, 0.25) is 5.91 Å². The molecule has 0 fully saturated rings. The van der Waals surface area contributed by atoms with Crippen LogP contribution in [0.4, 0.5) is 11.4 Å². The summed E-state index contributed by atoms with van der Waals surface area (Å²) in [5.74, 6) is -0.218. The third kappa shape index (κ3) is 8.77. The Morgan fingerprint density at radius 3 is 1.96 bits per heavy atom. The average Bonchev–Trinajstić information content (AvgIpc) is 3.13. The van der Waals surface area contributed by atoms with Crippen LogP contribution < -0.4 is 25.4 Å². The van der Waals surface area contributed by atoms with Crippen molar-refractivity contribution >= 4 is 46.9 Å². The van der Waals surface area contributed by atoms with Gasteiger partial charge < -0.3 is 25.4 Å². The lowest BCUT2D eigenvalue weighted by Crippen LogP contribution is -2.30. The quantitative estimate of drug-likeness (QED) is 0.0913. The van der Waals surface area contributed by atoms with Crippen LogP contribution in [0, 0.1) is 13.8 Å². The maximum Gasteiger partial charge on any atom is 0.272 e. The molecule has 0 aliphatic carbocycles. The highest BCUT2D eigenvalue weighted by atomic mass is 32.2. The molecule has 5 aromatic rings. The number of thioether (sulfide) groups is 1. The van der Waals surface area contributed by atoms with E-state index in [1.54, 1.807) is 60.7 Å². The standard InChI is InChI=1S/C40H37N3O5S/c1-26-13-11-14-27(2)35(26)43-40(46)37(28-15-7-5-8-16-28)49-32-23-21-31(22-24-32)41-39(45)33(42-38(44)29-17-9-6-10-18-29)25-30-19-12-20-34(47-3)36(30)48-4/h5-25,37H,1-4H3,(H,41,45)(H,42,44)(H,43,46)/b33-25-. The minimum atomic E-state index is -0.537. The van der Waals surface area contributed by atoms with Crippen molar-refractivity contribution in [2.24, 2.45) is 0 Å². The lowest BCUT2D eigenvalue weighted by atomic mass is 10.1. The van der Waals surface area contributed by atoms with E-state index in [0.29, 0.717) is 28.3 Å². The van der Waals surface area contributed by atoms with E-state index in [4.69, 9.17) is 9.47 Å². The normalized spacial score (nSPS) is 11.6. The SMILES string of the molecule is COc1cccc(/C=C(\NC(=O)c2ccccc2)C(=O)Nc2ccc(SC(C(=O)Nc3c(C)cccc3C)c3ccccc3)cc2)c1OC. The van der Waals surface area contributed by atoms with Gasteiger partial charge in [0, 0.05) is 27.4 Å². The zero-order valence-corrected chi connectivity index (χ0v) is 28.5. The third-order valence-corrected chi connectivity index (χ3v) is 8.96. The Labute approximate surface area is 290 Å². The third-order valence-electron chi connectivity index (χ3n) is 7.70. The fraction of sp³-hybridized carbons (Fsp3) is 0.125. The number of anilines is 2. The van der Waals surface area contributed by atoms with Crippen molar-refractivity contribution in [1.82, 2.24) is 5.32 Å². The predicted octanol–water partition coefficient (Wildman–Crippen LogP) is 8.20. The number of hydrogen-bond donors (Lipinski definition) is 3. The van der Waals surface area contributed by atoms with Crippen molar-refractivity contribution in [3.05, 3.63) is 155 Å². The molecule has 49 heavy (non-hydrogen) atoms. The van der Waals surface area contributed by atoms with Crippen molar-refractivity contribution in [2.75, 3.05) is 24.9 Å². The highest BCUT2D eigenvalue weighted by Gasteiger charge is 2.24. The number of benzene rings is 5. The summed E-state index contributed by atoms with van der Waals surface area (Å²) in [6.07, 6.45) is 1.54. The zero-order valence-electron chi connectivity index (χ0n) is 27.7. The molecule has 248 valence electrons. The molecule has 3 N–H and O–H groups in total. The Morgan fingerprint density at radius 2 is 1.33 bits per heavy atom. The zero-order chi connectivity index (χ0) is 34.8. The van der Waals surface area contributed by atoms with Gasteiger partial charge in [0.25, 0.3) is 11.8 Å². The fourth-order valence-corrected chi connectivity index (χ4v) is 6.20. The first-order valence-electron chi connectivity index (χ1n) is 15.6. The molecule has 0 bridgehead atoms. The van der Waals surface area contributed by atoms with E-state index >= 15 is 0 Å². The molecule has 0 aromatic heterocycles. The molecule has 0 radical (unpaired) electrons. The van der Waals surface area contributed by atoms with Gasteiger partial charge in [-0.2, -0.15) is 0 Å². The highest BCUT2D eigenvalue weighted by molar-refractivity contribution is 8.00. The molecule has 0 saturated heterocycles. The summed E-state index contributed by atoms with van der Waals surface area (Å²) in [4.78, 5) is 41.3. The van der Waals surface area contributed by atoms with Crippen LogP contribution in [0.3, 0.4) is 0 Å². The van der Waals surface area contributed by atoms with Crippen molar-refractivity contribution in [1.29, 1.82) is 0 Å². The average molecular weight is 672 g/mol. The van der Waals surface area contributed by atoms with Crippen LogP contribution in [0.5, 0.6) is 11.5 Å². The molecule has 1 atom stereocenters. The second kappa shape index (κ2) is 16.3. The molecule has 9 heteroatoms.